The third-order valence-corrected chi connectivity index (χ3v) is 3.95. The number of carbonyl (C=O) groups is 1. The summed E-state index contributed by atoms with van der Waals surface area (Å²) < 4.78 is 0. The fraction of sp³-hybridized carbons (Fsp3) is 0.769. The summed E-state index contributed by atoms with van der Waals surface area (Å²) in [7, 11) is 0. The van der Waals surface area contributed by atoms with Crippen LogP contribution in [0.3, 0.4) is 0 Å². The zero-order valence-corrected chi connectivity index (χ0v) is 10.1. The maximum Gasteiger partial charge on any atom is 0.0668 e. The van der Waals surface area contributed by atoms with Crippen LogP contribution in [0.15, 0.2) is 11.6 Å². The monoisotopic (exact) mass is 209 g/mol. The molecule has 86 valence electrons. The number of aliphatic carboxylic acids is 1. The maximum absolute atomic E-state index is 10.6. The van der Waals surface area contributed by atoms with Gasteiger partial charge in [0.05, 0.1) is 5.97 Å². The largest absolute Gasteiger partial charge is 0.545 e. The standard InChI is InChI=1S/C13H22O2/c1-8-5-12(6-9(2)11(8)4)7-10(3)13(14)15/h7-9,11-12H,5-6H2,1-4H3,(H,14,15)/p-1/b10-7+. The van der Waals surface area contributed by atoms with E-state index >= 15 is 0 Å². The quantitative estimate of drug-likeness (QED) is 0.653. The lowest BCUT2D eigenvalue weighted by Gasteiger charge is -2.36. The molecule has 1 aliphatic carbocycles. The Morgan fingerprint density at radius 1 is 1.20 bits per heavy atom. The first-order valence-electron chi connectivity index (χ1n) is 5.81. The van der Waals surface area contributed by atoms with Crippen LogP contribution in [0.1, 0.15) is 40.5 Å². The van der Waals surface area contributed by atoms with Gasteiger partial charge in [-0.2, -0.15) is 0 Å². The van der Waals surface area contributed by atoms with Crippen molar-refractivity contribution in [2.75, 3.05) is 0 Å². The Kier molecular flexibility index (Phi) is 3.95. The molecule has 0 aromatic carbocycles. The number of carbonyl (C=O) groups excluding carboxylic acids is 1. The topological polar surface area (TPSA) is 40.1 Å². The summed E-state index contributed by atoms with van der Waals surface area (Å²) in [6, 6.07) is 0. The second-order valence-corrected chi connectivity index (χ2v) is 5.18. The first kappa shape index (κ1) is 12.3. The molecule has 0 heterocycles. The van der Waals surface area contributed by atoms with Gasteiger partial charge in [0.15, 0.2) is 0 Å². The molecule has 15 heavy (non-hydrogen) atoms. The van der Waals surface area contributed by atoms with Gasteiger partial charge in [-0.25, -0.2) is 0 Å². The minimum atomic E-state index is -1.03. The number of hydrogen-bond acceptors (Lipinski definition) is 2. The minimum absolute atomic E-state index is 0.383. The van der Waals surface area contributed by atoms with Crippen LogP contribution in [0.25, 0.3) is 0 Å². The Morgan fingerprint density at radius 3 is 2.07 bits per heavy atom. The molecule has 0 aliphatic heterocycles. The zero-order valence-electron chi connectivity index (χ0n) is 10.1. The van der Waals surface area contributed by atoms with E-state index in [9.17, 15) is 9.90 Å². The Balaban J connectivity index is 2.66. The van der Waals surface area contributed by atoms with Crippen LogP contribution in [0.4, 0.5) is 0 Å². The summed E-state index contributed by atoms with van der Waals surface area (Å²) in [6.07, 6.45) is 4.10. The predicted octanol–water partition coefficient (Wildman–Crippen LogP) is 2.00. The van der Waals surface area contributed by atoms with Gasteiger partial charge >= 0.3 is 0 Å². The fourth-order valence-electron chi connectivity index (χ4n) is 2.60. The van der Waals surface area contributed by atoms with Gasteiger partial charge in [0, 0.05) is 0 Å². The molecule has 2 heteroatoms. The molecule has 0 aromatic rings. The summed E-state index contributed by atoms with van der Waals surface area (Å²) in [5.74, 6) is 1.50. The van der Waals surface area contributed by atoms with E-state index in [4.69, 9.17) is 0 Å². The zero-order chi connectivity index (χ0) is 11.6. The van der Waals surface area contributed by atoms with Gasteiger partial charge in [0.2, 0.25) is 0 Å². The number of carboxylic acids is 1. The number of allylic oxidation sites excluding steroid dienone is 1. The third kappa shape index (κ3) is 3.08. The lowest BCUT2D eigenvalue weighted by molar-refractivity contribution is -0.299. The van der Waals surface area contributed by atoms with E-state index < -0.39 is 5.97 Å². The Hall–Kier alpha value is -0.790. The number of hydrogen-bond donors (Lipinski definition) is 0. The summed E-state index contributed by atoms with van der Waals surface area (Å²) in [5.41, 5.74) is 0.383. The first-order valence-corrected chi connectivity index (χ1v) is 5.81. The smallest absolute Gasteiger partial charge is 0.0668 e. The van der Waals surface area contributed by atoms with E-state index in [1.165, 1.54) is 0 Å². The van der Waals surface area contributed by atoms with Gasteiger partial charge < -0.3 is 9.90 Å². The highest BCUT2D eigenvalue weighted by Gasteiger charge is 2.28. The van der Waals surface area contributed by atoms with Crippen molar-refractivity contribution in [2.24, 2.45) is 23.7 Å². The van der Waals surface area contributed by atoms with E-state index in [1.807, 2.05) is 6.08 Å². The van der Waals surface area contributed by atoms with Crippen LogP contribution in [-0.4, -0.2) is 5.97 Å². The van der Waals surface area contributed by atoms with Gasteiger partial charge in [0.25, 0.3) is 0 Å². The van der Waals surface area contributed by atoms with Crippen molar-refractivity contribution in [3.63, 3.8) is 0 Å². The van der Waals surface area contributed by atoms with E-state index in [-0.39, 0.29) is 0 Å². The minimum Gasteiger partial charge on any atom is -0.545 e. The predicted molar refractivity (Wildman–Crippen MR) is 59.0 cm³/mol. The van der Waals surface area contributed by atoms with Gasteiger partial charge in [-0.05, 0) is 49.0 Å². The number of rotatable bonds is 2. The van der Waals surface area contributed by atoms with E-state index in [0.29, 0.717) is 23.3 Å². The molecule has 2 nitrogen and oxygen atoms in total. The molecule has 2 atom stereocenters. The van der Waals surface area contributed by atoms with Crippen LogP contribution in [-0.2, 0) is 4.79 Å². The molecule has 0 bridgehead atoms. The molecular formula is C13H21O2-. The molecule has 0 N–H and O–H groups in total. The van der Waals surface area contributed by atoms with Gasteiger partial charge in [0.1, 0.15) is 0 Å². The van der Waals surface area contributed by atoms with Gasteiger partial charge in [-0.1, -0.05) is 26.8 Å². The molecule has 0 saturated heterocycles. The summed E-state index contributed by atoms with van der Waals surface area (Å²) in [5, 5.41) is 10.6. The molecule has 1 saturated carbocycles. The van der Waals surface area contributed by atoms with Crippen molar-refractivity contribution in [1.29, 1.82) is 0 Å². The van der Waals surface area contributed by atoms with Crippen molar-refractivity contribution < 1.29 is 9.90 Å². The van der Waals surface area contributed by atoms with Crippen molar-refractivity contribution in [1.82, 2.24) is 0 Å². The molecule has 0 radical (unpaired) electrons. The fourth-order valence-corrected chi connectivity index (χ4v) is 2.60. The molecule has 1 rings (SSSR count). The Labute approximate surface area is 92.4 Å². The molecule has 0 spiro atoms. The molecule has 1 fully saturated rings. The summed E-state index contributed by atoms with van der Waals surface area (Å²) >= 11 is 0. The average molecular weight is 209 g/mol. The highest BCUT2D eigenvalue weighted by atomic mass is 16.4. The molecule has 1 aliphatic rings. The molecule has 2 unspecified atom stereocenters. The SMILES string of the molecule is C/C(=C\C1CC(C)C(C)C(C)C1)C(=O)[O-]. The van der Waals surface area contributed by atoms with E-state index in [0.717, 1.165) is 18.8 Å². The van der Waals surface area contributed by atoms with Crippen LogP contribution in [0, 0.1) is 23.7 Å². The maximum atomic E-state index is 10.6. The number of carboxylic acid groups (broad SMARTS) is 1. The van der Waals surface area contributed by atoms with Gasteiger partial charge in [-0.15, -0.1) is 0 Å². The lowest BCUT2D eigenvalue weighted by Crippen LogP contribution is -2.28. The third-order valence-electron chi connectivity index (χ3n) is 3.95. The second kappa shape index (κ2) is 4.82. The average Bonchev–Trinajstić information content (AvgIpc) is 2.13. The summed E-state index contributed by atoms with van der Waals surface area (Å²) in [4.78, 5) is 10.6. The van der Waals surface area contributed by atoms with Crippen molar-refractivity contribution in [3.05, 3.63) is 11.6 Å². The highest BCUT2D eigenvalue weighted by Crippen LogP contribution is 2.38. The van der Waals surface area contributed by atoms with E-state index in [1.54, 1.807) is 6.92 Å². The van der Waals surface area contributed by atoms with Crippen LogP contribution < -0.4 is 5.11 Å². The lowest BCUT2D eigenvalue weighted by atomic mass is 9.69. The Morgan fingerprint density at radius 2 is 1.67 bits per heavy atom. The van der Waals surface area contributed by atoms with Gasteiger partial charge in [-0.3, -0.25) is 0 Å². The van der Waals surface area contributed by atoms with Crippen LogP contribution >= 0.6 is 0 Å². The van der Waals surface area contributed by atoms with Crippen molar-refractivity contribution >= 4 is 5.97 Å². The van der Waals surface area contributed by atoms with Crippen LogP contribution in [0.2, 0.25) is 0 Å². The van der Waals surface area contributed by atoms with Crippen LogP contribution in [0.5, 0.6) is 0 Å². The molecule has 0 aromatic heterocycles. The normalized spacial score (nSPS) is 37.7. The molecule has 0 amide bonds. The highest BCUT2D eigenvalue weighted by molar-refractivity contribution is 5.83. The van der Waals surface area contributed by atoms with E-state index in [2.05, 4.69) is 20.8 Å². The van der Waals surface area contributed by atoms with Crippen molar-refractivity contribution in [2.45, 2.75) is 40.5 Å². The first-order chi connectivity index (χ1) is 6.91. The molecular weight excluding hydrogens is 188 g/mol. The second-order valence-electron chi connectivity index (χ2n) is 5.18. The Bertz CT molecular complexity index is 256. The van der Waals surface area contributed by atoms with Crippen molar-refractivity contribution in [3.8, 4) is 0 Å². The summed E-state index contributed by atoms with van der Waals surface area (Å²) in [6.45, 7) is 8.44.